The predicted octanol–water partition coefficient (Wildman–Crippen LogP) is 1.95. The first-order valence-electron chi connectivity index (χ1n) is 5.03. The molecule has 5 nitrogen and oxygen atoms in total. The molecular weight excluding hydrogens is 221 g/mol. The second-order valence-electron chi connectivity index (χ2n) is 3.43. The van der Waals surface area contributed by atoms with E-state index in [0.717, 1.165) is 0 Å². The van der Waals surface area contributed by atoms with Gasteiger partial charge in [0.05, 0.1) is 5.69 Å². The first-order valence-corrected chi connectivity index (χ1v) is 5.03. The van der Waals surface area contributed by atoms with Crippen molar-refractivity contribution in [2.24, 2.45) is 5.84 Å². The molecule has 0 spiro atoms. The second kappa shape index (κ2) is 4.75. The van der Waals surface area contributed by atoms with Gasteiger partial charge in [0.15, 0.2) is 0 Å². The van der Waals surface area contributed by atoms with E-state index in [1.54, 1.807) is 31.2 Å². The Bertz CT molecular complexity index is 529. The summed E-state index contributed by atoms with van der Waals surface area (Å²) in [7, 11) is 0. The lowest BCUT2D eigenvalue weighted by molar-refractivity contribution is 0.632. The Kier molecular flexibility index (Phi) is 3.15. The lowest BCUT2D eigenvalue weighted by atomic mass is 10.3. The van der Waals surface area contributed by atoms with Crippen LogP contribution < -0.4 is 16.6 Å². The van der Waals surface area contributed by atoms with Gasteiger partial charge in [-0.25, -0.2) is 20.2 Å². The van der Waals surface area contributed by atoms with Gasteiger partial charge in [0.1, 0.15) is 23.3 Å². The summed E-state index contributed by atoms with van der Waals surface area (Å²) in [5, 5.41) is 2.87. The zero-order chi connectivity index (χ0) is 12.3. The molecule has 88 valence electrons. The fourth-order valence-corrected chi connectivity index (χ4v) is 1.41. The molecule has 0 saturated carbocycles. The summed E-state index contributed by atoms with van der Waals surface area (Å²) in [5.74, 6) is 6.42. The van der Waals surface area contributed by atoms with Gasteiger partial charge in [0, 0.05) is 6.07 Å². The highest BCUT2D eigenvalue weighted by atomic mass is 19.1. The average Bonchev–Trinajstić information content (AvgIpc) is 2.31. The Morgan fingerprint density at radius 3 is 2.59 bits per heavy atom. The van der Waals surface area contributed by atoms with Gasteiger partial charge in [-0.1, -0.05) is 12.1 Å². The summed E-state index contributed by atoms with van der Waals surface area (Å²) < 4.78 is 13.4. The predicted molar refractivity (Wildman–Crippen MR) is 64.3 cm³/mol. The Morgan fingerprint density at radius 1 is 1.18 bits per heavy atom. The van der Waals surface area contributed by atoms with Crippen LogP contribution in [-0.4, -0.2) is 9.97 Å². The summed E-state index contributed by atoms with van der Waals surface area (Å²) in [5.41, 5.74) is 2.78. The normalized spacial score (nSPS) is 10.1. The van der Waals surface area contributed by atoms with Crippen molar-refractivity contribution in [1.82, 2.24) is 9.97 Å². The largest absolute Gasteiger partial charge is 0.338 e. The Hall–Kier alpha value is -2.21. The summed E-state index contributed by atoms with van der Waals surface area (Å²) >= 11 is 0. The van der Waals surface area contributed by atoms with E-state index >= 15 is 0 Å². The molecule has 1 aromatic carbocycles. The highest BCUT2D eigenvalue weighted by Crippen LogP contribution is 2.19. The molecule has 4 N–H and O–H groups in total. The minimum absolute atomic E-state index is 0.342. The van der Waals surface area contributed by atoms with Gasteiger partial charge in [-0.3, -0.25) is 0 Å². The van der Waals surface area contributed by atoms with Crippen molar-refractivity contribution in [3.8, 4) is 0 Å². The smallest absolute Gasteiger partial charge is 0.146 e. The van der Waals surface area contributed by atoms with Crippen molar-refractivity contribution in [3.05, 3.63) is 42.0 Å². The molecule has 2 aromatic rings. The molecule has 0 fully saturated rings. The van der Waals surface area contributed by atoms with Crippen molar-refractivity contribution in [2.45, 2.75) is 6.92 Å². The summed E-state index contributed by atoms with van der Waals surface area (Å²) in [4.78, 5) is 8.17. The van der Waals surface area contributed by atoms with Crippen LogP contribution in [0.1, 0.15) is 5.82 Å². The van der Waals surface area contributed by atoms with Crippen LogP contribution in [0.15, 0.2) is 30.3 Å². The minimum atomic E-state index is -0.342. The van der Waals surface area contributed by atoms with Crippen LogP contribution >= 0.6 is 0 Å². The molecule has 17 heavy (non-hydrogen) atoms. The third-order valence-corrected chi connectivity index (χ3v) is 2.12. The Labute approximate surface area is 97.9 Å². The van der Waals surface area contributed by atoms with E-state index in [0.29, 0.717) is 23.1 Å². The number of aromatic nitrogens is 2. The fourth-order valence-electron chi connectivity index (χ4n) is 1.41. The van der Waals surface area contributed by atoms with Gasteiger partial charge < -0.3 is 10.7 Å². The lowest BCUT2D eigenvalue weighted by Gasteiger charge is -2.08. The molecule has 0 aliphatic heterocycles. The number of benzene rings is 1. The molecule has 2 rings (SSSR count). The standard InChI is InChI=1S/C11H12FN5/c1-7-14-10(6-11(15-7)17-13)16-9-5-3-2-4-8(9)12/h2-6H,13H2,1H3,(H2,14,15,16,17). The van der Waals surface area contributed by atoms with E-state index in [-0.39, 0.29) is 5.82 Å². The minimum Gasteiger partial charge on any atom is -0.338 e. The number of rotatable bonds is 3. The van der Waals surface area contributed by atoms with E-state index in [9.17, 15) is 4.39 Å². The summed E-state index contributed by atoms with van der Waals surface area (Å²) in [6.45, 7) is 1.73. The number of hydrogen-bond donors (Lipinski definition) is 3. The first kappa shape index (κ1) is 11.3. The number of nitrogens with zero attached hydrogens (tertiary/aromatic N) is 2. The monoisotopic (exact) mass is 233 g/mol. The maximum atomic E-state index is 13.4. The number of nitrogen functional groups attached to an aromatic ring is 1. The van der Waals surface area contributed by atoms with Gasteiger partial charge >= 0.3 is 0 Å². The number of halogens is 1. The van der Waals surface area contributed by atoms with Crippen molar-refractivity contribution in [3.63, 3.8) is 0 Å². The van der Waals surface area contributed by atoms with Crippen molar-refractivity contribution >= 4 is 17.3 Å². The van der Waals surface area contributed by atoms with Crippen molar-refractivity contribution < 1.29 is 4.39 Å². The number of anilines is 3. The molecule has 0 radical (unpaired) electrons. The topological polar surface area (TPSA) is 75.9 Å². The van der Waals surface area contributed by atoms with Gasteiger partial charge in [0.2, 0.25) is 0 Å². The lowest BCUT2D eigenvalue weighted by Crippen LogP contribution is -2.10. The molecule has 0 unspecified atom stereocenters. The maximum absolute atomic E-state index is 13.4. The van der Waals surface area contributed by atoms with Crippen LogP contribution in [0.2, 0.25) is 0 Å². The van der Waals surface area contributed by atoms with Gasteiger partial charge in [-0.15, -0.1) is 0 Å². The highest BCUT2D eigenvalue weighted by molar-refractivity contribution is 5.59. The molecule has 0 atom stereocenters. The summed E-state index contributed by atoms with van der Waals surface area (Å²) in [6.07, 6.45) is 0. The van der Waals surface area contributed by atoms with E-state index in [1.165, 1.54) is 6.07 Å². The Balaban J connectivity index is 2.30. The fraction of sp³-hybridized carbons (Fsp3) is 0.0909. The van der Waals surface area contributed by atoms with Crippen LogP contribution in [0.4, 0.5) is 21.7 Å². The molecule has 0 aliphatic carbocycles. The van der Waals surface area contributed by atoms with Crippen LogP contribution in [0, 0.1) is 12.7 Å². The number of hydrazine groups is 1. The number of nitrogens with two attached hydrogens (primary N) is 1. The van der Waals surface area contributed by atoms with E-state index in [2.05, 4.69) is 20.7 Å². The zero-order valence-corrected chi connectivity index (χ0v) is 9.24. The second-order valence-corrected chi connectivity index (χ2v) is 3.43. The third kappa shape index (κ3) is 2.67. The van der Waals surface area contributed by atoms with Crippen LogP contribution in [0.3, 0.4) is 0 Å². The number of para-hydroxylation sites is 1. The van der Waals surface area contributed by atoms with Crippen molar-refractivity contribution in [2.75, 3.05) is 10.7 Å². The summed E-state index contributed by atoms with van der Waals surface area (Å²) in [6, 6.07) is 7.96. The highest BCUT2D eigenvalue weighted by Gasteiger charge is 2.04. The SMILES string of the molecule is Cc1nc(NN)cc(Nc2ccccc2F)n1. The van der Waals surface area contributed by atoms with Crippen molar-refractivity contribution in [1.29, 1.82) is 0 Å². The molecule has 0 amide bonds. The zero-order valence-electron chi connectivity index (χ0n) is 9.24. The first-order chi connectivity index (χ1) is 8.19. The molecule has 0 aliphatic rings. The van der Waals surface area contributed by atoms with E-state index < -0.39 is 0 Å². The number of nitrogens with one attached hydrogen (secondary N) is 2. The van der Waals surface area contributed by atoms with Crippen LogP contribution in [-0.2, 0) is 0 Å². The third-order valence-electron chi connectivity index (χ3n) is 2.12. The van der Waals surface area contributed by atoms with Gasteiger partial charge in [0.25, 0.3) is 0 Å². The molecule has 0 bridgehead atoms. The van der Waals surface area contributed by atoms with Crippen LogP contribution in [0.5, 0.6) is 0 Å². The Morgan fingerprint density at radius 2 is 1.88 bits per heavy atom. The molecule has 0 saturated heterocycles. The number of hydrogen-bond acceptors (Lipinski definition) is 5. The molecule has 1 aromatic heterocycles. The quantitative estimate of drug-likeness (QED) is 0.558. The average molecular weight is 233 g/mol. The maximum Gasteiger partial charge on any atom is 0.146 e. The van der Waals surface area contributed by atoms with E-state index in [1.807, 2.05) is 0 Å². The van der Waals surface area contributed by atoms with Gasteiger partial charge in [-0.2, -0.15) is 0 Å². The van der Waals surface area contributed by atoms with E-state index in [4.69, 9.17) is 5.84 Å². The van der Waals surface area contributed by atoms with Crippen LogP contribution in [0.25, 0.3) is 0 Å². The molecule has 1 heterocycles. The molecular formula is C11H12FN5. The van der Waals surface area contributed by atoms with Gasteiger partial charge in [-0.05, 0) is 19.1 Å². The molecule has 6 heteroatoms. The number of aryl methyl sites for hydroxylation is 1.